The Balaban J connectivity index is 2.85. The number of hydrogen-bond donors (Lipinski definition) is 2. The number of nitrogens with one attached hydrogen (secondary N) is 1. The third-order valence-corrected chi connectivity index (χ3v) is 5.28. The topological polar surface area (TPSA) is 89.3 Å². The van der Waals surface area contributed by atoms with E-state index in [2.05, 4.69) is 5.32 Å². The predicted octanol–water partition coefficient (Wildman–Crippen LogP) is 1.13. The van der Waals surface area contributed by atoms with Crippen LogP contribution in [-0.4, -0.2) is 31.9 Å². The van der Waals surface area contributed by atoms with Crippen LogP contribution in [0.2, 0.25) is 0 Å². The molecule has 0 aromatic heterocycles. The molecule has 5 nitrogen and oxygen atoms in total. The quantitative estimate of drug-likeness (QED) is 0.811. The molecule has 0 aliphatic rings. The minimum absolute atomic E-state index is 0.0397. The summed E-state index contributed by atoms with van der Waals surface area (Å²) in [6.07, 6.45) is 1.15. The third-order valence-electron chi connectivity index (χ3n) is 3.13. The van der Waals surface area contributed by atoms with Crippen LogP contribution in [0.3, 0.4) is 0 Å². The van der Waals surface area contributed by atoms with Gasteiger partial charge in [-0.2, -0.15) is 0 Å². The largest absolute Gasteiger partial charge is 0.398 e. The van der Waals surface area contributed by atoms with E-state index in [1.807, 2.05) is 13.0 Å². The number of aryl methyl sites for hydroxylation is 1. The number of carbonyl (C=O) groups excluding carboxylic acids is 1. The number of anilines is 1. The minimum Gasteiger partial charge on any atom is -0.398 e. The van der Waals surface area contributed by atoms with Crippen LogP contribution in [0, 0.1) is 6.92 Å². The average Bonchev–Trinajstić information content (AvgIpc) is 2.28. The van der Waals surface area contributed by atoms with Gasteiger partial charge in [0.2, 0.25) is 0 Å². The van der Waals surface area contributed by atoms with Gasteiger partial charge in [0.25, 0.3) is 5.91 Å². The first-order chi connectivity index (χ1) is 8.54. The number of rotatable bonds is 4. The van der Waals surface area contributed by atoms with Crippen LogP contribution in [0.1, 0.15) is 29.8 Å². The van der Waals surface area contributed by atoms with E-state index in [0.29, 0.717) is 11.3 Å². The fourth-order valence-corrected chi connectivity index (χ4v) is 1.72. The molecule has 0 saturated carbocycles. The summed E-state index contributed by atoms with van der Waals surface area (Å²) in [4.78, 5) is 12.0. The molecule has 6 heteroatoms. The first kappa shape index (κ1) is 15.5. The van der Waals surface area contributed by atoms with Crippen LogP contribution < -0.4 is 11.1 Å². The SMILES string of the molecule is Cc1ccc(N)c(C(=O)NCC(C)(C)S(C)(=O)=O)c1. The van der Waals surface area contributed by atoms with Gasteiger partial charge in [0, 0.05) is 18.5 Å². The van der Waals surface area contributed by atoms with Crippen molar-refractivity contribution >= 4 is 21.4 Å². The zero-order valence-electron chi connectivity index (χ0n) is 11.6. The Morgan fingerprint density at radius 2 is 1.95 bits per heavy atom. The molecule has 0 heterocycles. The van der Waals surface area contributed by atoms with Gasteiger partial charge in [0.05, 0.1) is 10.3 Å². The molecule has 3 N–H and O–H groups in total. The number of benzene rings is 1. The van der Waals surface area contributed by atoms with E-state index < -0.39 is 14.6 Å². The number of hydrogen-bond acceptors (Lipinski definition) is 4. The molecule has 1 rings (SSSR count). The van der Waals surface area contributed by atoms with E-state index in [-0.39, 0.29) is 12.5 Å². The van der Waals surface area contributed by atoms with Crippen LogP contribution in [0.15, 0.2) is 18.2 Å². The van der Waals surface area contributed by atoms with Crippen LogP contribution in [0.5, 0.6) is 0 Å². The second-order valence-corrected chi connectivity index (χ2v) is 7.95. The molecule has 0 aliphatic carbocycles. The van der Waals surface area contributed by atoms with Crippen molar-refractivity contribution < 1.29 is 13.2 Å². The molecule has 0 bridgehead atoms. The van der Waals surface area contributed by atoms with Gasteiger partial charge in [-0.1, -0.05) is 11.6 Å². The molecule has 0 saturated heterocycles. The molecule has 0 aliphatic heterocycles. The Labute approximate surface area is 114 Å². The van der Waals surface area contributed by atoms with Crippen molar-refractivity contribution in [3.05, 3.63) is 29.3 Å². The van der Waals surface area contributed by atoms with Crippen molar-refractivity contribution in [2.24, 2.45) is 0 Å². The highest BCUT2D eigenvalue weighted by molar-refractivity contribution is 7.92. The Bertz CT molecular complexity index is 592. The number of nitrogens with two attached hydrogens (primary N) is 1. The Kier molecular flexibility index (Phi) is 4.25. The monoisotopic (exact) mass is 284 g/mol. The van der Waals surface area contributed by atoms with Crippen LogP contribution in [-0.2, 0) is 9.84 Å². The summed E-state index contributed by atoms with van der Waals surface area (Å²) in [6.45, 7) is 5.04. The van der Waals surface area contributed by atoms with E-state index >= 15 is 0 Å². The summed E-state index contributed by atoms with van der Waals surface area (Å²) in [6, 6.07) is 5.15. The summed E-state index contributed by atoms with van der Waals surface area (Å²) in [7, 11) is -3.24. The molecule has 19 heavy (non-hydrogen) atoms. The smallest absolute Gasteiger partial charge is 0.253 e. The normalized spacial score (nSPS) is 12.2. The standard InChI is InChI=1S/C13H20N2O3S/c1-9-5-6-11(14)10(7-9)12(16)15-8-13(2,3)19(4,17)18/h5-7H,8,14H2,1-4H3,(H,15,16). The van der Waals surface area contributed by atoms with E-state index in [9.17, 15) is 13.2 Å². The molecule has 106 valence electrons. The first-order valence-electron chi connectivity index (χ1n) is 5.88. The van der Waals surface area contributed by atoms with Crippen LogP contribution in [0.25, 0.3) is 0 Å². The molecular weight excluding hydrogens is 264 g/mol. The van der Waals surface area contributed by atoms with Gasteiger partial charge in [-0.25, -0.2) is 8.42 Å². The Morgan fingerprint density at radius 3 is 2.47 bits per heavy atom. The van der Waals surface area contributed by atoms with Crippen molar-refractivity contribution in [1.29, 1.82) is 0 Å². The maximum absolute atomic E-state index is 12.0. The van der Waals surface area contributed by atoms with Gasteiger partial charge >= 0.3 is 0 Å². The number of carbonyl (C=O) groups is 1. The van der Waals surface area contributed by atoms with E-state index in [4.69, 9.17) is 5.73 Å². The maximum Gasteiger partial charge on any atom is 0.253 e. The second kappa shape index (κ2) is 5.21. The van der Waals surface area contributed by atoms with E-state index in [0.717, 1.165) is 11.8 Å². The Morgan fingerprint density at radius 1 is 1.37 bits per heavy atom. The lowest BCUT2D eigenvalue weighted by Gasteiger charge is -2.23. The molecule has 1 aromatic carbocycles. The molecule has 1 aromatic rings. The molecule has 0 atom stereocenters. The van der Waals surface area contributed by atoms with Gasteiger partial charge in [-0.05, 0) is 32.9 Å². The third kappa shape index (κ3) is 3.70. The summed E-state index contributed by atoms with van der Waals surface area (Å²) in [5, 5.41) is 2.62. The summed E-state index contributed by atoms with van der Waals surface area (Å²) in [5.74, 6) is -0.363. The highest BCUT2D eigenvalue weighted by Crippen LogP contribution is 2.16. The minimum atomic E-state index is -3.24. The van der Waals surface area contributed by atoms with Crippen molar-refractivity contribution in [2.45, 2.75) is 25.5 Å². The molecule has 1 amide bonds. The van der Waals surface area contributed by atoms with Gasteiger partial charge in [-0.3, -0.25) is 4.79 Å². The van der Waals surface area contributed by atoms with Crippen LogP contribution >= 0.6 is 0 Å². The lowest BCUT2D eigenvalue weighted by Crippen LogP contribution is -2.43. The molecule has 0 spiro atoms. The van der Waals surface area contributed by atoms with E-state index in [1.165, 1.54) is 0 Å². The van der Waals surface area contributed by atoms with Crippen LogP contribution in [0.4, 0.5) is 5.69 Å². The lowest BCUT2D eigenvalue weighted by atomic mass is 10.1. The van der Waals surface area contributed by atoms with Crippen molar-refractivity contribution in [2.75, 3.05) is 18.5 Å². The average molecular weight is 284 g/mol. The zero-order valence-corrected chi connectivity index (χ0v) is 12.5. The number of amides is 1. The van der Waals surface area contributed by atoms with Crippen molar-refractivity contribution in [3.8, 4) is 0 Å². The molecular formula is C13H20N2O3S. The summed E-state index contributed by atoms with van der Waals surface area (Å²) in [5.41, 5.74) is 7.39. The maximum atomic E-state index is 12.0. The molecule has 0 radical (unpaired) electrons. The number of sulfone groups is 1. The fourth-order valence-electron chi connectivity index (χ4n) is 1.39. The summed E-state index contributed by atoms with van der Waals surface area (Å²) >= 11 is 0. The van der Waals surface area contributed by atoms with Gasteiger partial charge in [0.1, 0.15) is 0 Å². The molecule has 0 unspecified atom stereocenters. The Hall–Kier alpha value is -1.56. The first-order valence-corrected chi connectivity index (χ1v) is 7.78. The van der Waals surface area contributed by atoms with Gasteiger partial charge in [-0.15, -0.1) is 0 Å². The number of nitrogen functional groups attached to an aromatic ring is 1. The van der Waals surface area contributed by atoms with Gasteiger partial charge < -0.3 is 11.1 Å². The van der Waals surface area contributed by atoms with Crippen molar-refractivity contribution in [3.63, 3.8) is 0 Å². The lowest BCUT2D eigenvalue weighted by molar-refractivity contribution is 0.0951. The highest BCUT2D eigenvalue weighted by Gasteiger charge is 2.30. The second-order valence-electron chi connectivity index (χ2n) is 5.31. The fraction of sp³-hybridized carbons (Fsp3) is 0.462. The molecule has 0 fully saturated rings. The van der Waals surface area contributed by atoms with Crippen molar-refractivity contribution in [1.82, 2.24) is 5.32 Å². The highest BCUT2D eigenvalue weighted by atomic mass is 32.2. The van der Waals surface area contributed by atoms with E-state index in [1.54, 1.807) is 26.0 Å². The zero-order chi connectivity index (χ0) is 14.8. The summed E-state index contributed by atoms with van der Waals surface area (Å²) < 4.78 is 22.1. The predicted molar refractivity (Wildman–Crippen MR) is 76.8 cm³/mol. The van der Waals surface area contributed by atoms with Gasteiger partial charge in [0.15, 0.2) is 9.84 Å².